The van der Waals surface area contributed by atoms with Gasteiger partial charge in [-0.3, -0.25) is 9.69 Å². The second-order valence-electron chi connectivity index (χ2n) is 5.99. The summed E-state index contributed by atoms with van der Waals surface area (Å²) in [5.74, 6) is 0.705. The van der Waals surface area contributed by atoms with Crippen molar-refractivity contribution in [1.29, 1.82) is 0 Å². The summed E-state index contributed by atoms with van der Waals surface area (Å²) in [6.07, 6.45) is 4.14. The van der Waals surface area contributed by atoms with Crippen molar-refractivity contribution in [3.63, 3.8) is 0 Å². The molecule has 1 saturated heterocycles. The third-order valence-corrected chi connectivity index (χ3v) is 4.79. The third-order valence-electron chi connectivity index (χ3n) is 3.98. The van der Waals surface area contributed by atoms with Crippen LogP contribution in [0.3, 0.4) is 0 Å². The van der Waals surface area contributed by atoms with E-state index in [0.717, 1.165) is 37.7 Å². The predicted molar refractivity (Wildman–Crippen MR) is 87.3 cm³/mol. The molecule has 1 atom stereocenters. The van der Waals surface area contributed by atoms with Crippen LogP contribution >= 0.6 is 11.3 Å². The Morgan fingerprint density at radius 3 is 2.95 bits per heavy atom. The van der Waals surface area contributed by atoms with E-state index >= 15 is 0 Å². The fourth-order valence-electron chi connectivity index (χ4n) is 2.53. The second kappa shape index (κ2) is 7.87. The molecule has 1 fully saturated rings. The molecule has 0 aliphatic carbocycles. The Hall–Kier alpha value is -0.980. The lowest BCUT2D eigenvalue weighted by molar-refractivity contribution is -0.117. The van der Waals surface area contributed by atoms with Gasteiger partial charge in [-0.2, -0.15) is 0 Å². The van der Waals surface area contributed by atoms with Crippen LogP contribution in [0.4, 0.5) is 5.13 Å². The number of rotatable bonds is 6. The number of carbonyl (C=O) groups is 1. The molecule has 5 nitrogen and oxygen atoms in total. The van der Waals surface area contributed by atoms with Gasteiger partial charge in [-0.1, -0.05) is 20.3 Å². The lowest BCUT2D eigenvalue weighted by Crippen LogP contribution is -2.35. The molecule has 0 bridgehead atoms. The van der Waals surface area contributed by atoms with Crippen molar-refractivity contribution >= 4 is 22.4 Å². The van der Waals surface area contributed by atoms with Gasteiger partial charge in [0, 0.05) is 11.9 Å². The van der Waals surface area contributed by atoms with Gasteiger partial charge in [0.2, 0.25) is 5.91 Å². The molecule has 1 amide bonds. The summed E-state index contributed by atoms with van der Waals surface area (Å²) in [4.78, 5) is 18.8. The molecule has 3 N–H and O–H groups in total. The first-order valence-electron chi connectivity index (χ1n) is 7.81. The number of nitrogens with two attached hydrogens (primary N) is 1. The van der Waals surface area contributed by atoms with E-state index in [1.165, 1.54) is 24.2 Å². The molecule has 1 aliphatic heterocycles. The van der Waals surface area contributed by atoms with Crippen LogP contribution in [0.25, 0.3) is 0 Å². The average molecular weight is 310 g/mol. The first-order chi connectivity index (χ1) is 10.1. The van der Waals surface area contributed by atoms with Gasteiger partial charge in [-0.25, -0.2) is 4.98 Å². The SMILES string of the molecule is CCCC(N)C(=O)Nc1nc(CN2CCC(C)CC2)cs1. The number of carbonyl (C=O) groups excluding carboxylic acids is 1. The molecule has 1 aromatic heterocycles. The van der Waals surface area contributed by atoms with Crippen molar-refractivity contribution < 1.29 is 4.79 Å². The third kappa shape index (κ3) is 5.05. The molecule has 0 spiro atoms. The Labute approximate surface area is 130 Å². The van der Waals surface area contributed by atoms with E-state index in [9.17, 15) is 4.79 Å². The van der Waals surface area contributed by atoms with E-state index in [-0.39, 0.29) is 5.91 Å². The van der Waals surface area contributed by atoms with Crippen molar-refractivity contribution in [3.05, 3.63) is 11.1 Å². The summed E-state index contributed by atoms with van der Waals surface area (Å²) in [6.45, 7) is 7.49. The molecule has 118 valence electrons. The highest BCUT2D eigenvalue weighted by Gasteiger charge is 2.18. The van der Waals surface area contributed by atoms with Crippen LogP contribution in [0.2, 0.25) is 0 Å². The van der Waals surface area contributed by atoms with E-state index in [0.29, 0.717) is 11.6 Å². The van der Waals surface area contributed by atoms with Gasteiger partial charge in [-0.05, 0) is 38.3 Å². The topological polar surface area (TPSA) is 71.2 Å². The minimum atomic E-state index is -0.439. The Balaban J connectivity index is 1.82. The van der Waals surface area contributed by atoms with Gasteiger partial charge in [-0.15, -0.1) is 11.3 Å². The first kappa shape index (κ1) is 16.4. The molecule has 1 aromatic rings. The zero-order chi connectivity index (χ0) is 15.2. The number of aromatic nitrogens is 1. The predicted octanol–water partition coefficient (Wildman–Crippen LogP) is 2.44. The average Bonchev–Trinajstić information content (AvgIpc) is 2.89. The molecule has 21 heavy (non-hydrogen) atoms. The smallest absolute Gasteiger partial charge is 0.243 e. The Morgan fingerprint density at radius 2 is 2.29 bits per heavy atom. The number of anilines is 1. The number of nitrogens with one attached hydrogen (secondary N) is 1. The molecule has 0 radical (unpaired) electrons. The monoisotopic (exact) mass is 310 g/mol. The van der Waals surface area contributed by atoms with Crippen LogP contribution in [0.15, 0.2) is 5.38 Å². The zero-order valence-electron chi connectivity index (χ0n) is 13.0. The minimum absolute atomic E-state index is 0.135. The highest BCUT2D eigenvalue weighted by atomic mass is 32.1. The quantitative estimate of drug-likeness (QED) is 0.846. The van der Waals surface area contributed by atoms with E-state index < -0.39 is 6.04 Å². The van der Waals surface area contributed by atoms with Gasteiger partial charge in [0.05, 0.1) is 11.7 Å². The molecular formula is C15H26N4OS. The Kier molecular flexibility index (Phi) is 6.14. The second-order valence-corrected chi connectivity index (χ2v) is 6.85. The Bertz CT molecular complexity index is 454. The lowest BCUT2D eigenvalue weighted by Gasteiger charge is -2.29. The minimum Gasteiger partial charge on any atom is -0.320 e. The molecule has 6 heteroatoms. The van der Waals surface area contributed by atoms with E-state index in [2.05, 4.69) is 22.1 Å². The van der Waals surface area contributed by atoms with Crippen LogP contribution < -0.4 is 11.1 Å². The fourth-order valence-corrected chi connectivity index (χ4v) is 3.23. The molecule has 0 aromatic carbocycles. The maximum Gasteiger partial charge on any atom is 0.243 e. The van der Waals surface area contributed by atoms with Crippen molar-refractivity contribution in [1.82, 2.24) is 9.88 Å². The van der Waals surface area contributed by atoms with Crippen LogP contribution in [0.5, 0.6) is 0 Å². The Morgan fingerprint density at radius 1 is 1.57 bits per heavy atom. The number of hydrogen-bond donors (Lipinski definition) is 2. The molecule has 1 aliphatic rings. The first-order valence-corrected chi connectivity index (χ1v) is 8.69. The van der Waals surface area contributed by atoms with Crippen molar-refractivity contribution in [2.45, 2.75) is 52.1 Å². The maximum absolute atomic E-state index is 11.9. The summed E-state index contributed by atoms with van der Waals surface area (Å²) in [5.41, 5.74) is 6.84. The van der Waals surface area contributed by atoms with Crippen LogP contribution in [0.1, 0.15) is 45.2 Å². The van der Waals surface area contributed by atoms with E-state index in [1.807, 2.05) is 12.3 Å². The fraction of sp³-hybridized carbons (Fsp3) is 0.733. The van der Waals surface area contributed by atoms with Gasteiger partial charge in [0.25, 0.3) is 0 Å². The van der Waals surface area contributed by atoms with Crippen LogP contribution in [-0.2, 0) is 11.3 Å². The highest BCUT2D eigenvalue weighted by molar-refractivity contribution is 7.13. The van der Waals surface area contributed by atoms with Crippen LogP contribution in [0, 0.1) is 5.92 Å². The number of amides is 1. The molecule has 0 saturated carbocycles. The summed E-state index contributed by atoms with van der Waals surface area (Å²) in [5, 5.41) is 5.50. The number of likely N-dealkylation sites (tertiary alicyclic amines) is 1. The summed E-state index contributed by atoms with van der Waals surface area (Å²) < 4.78 is 0. The standard InChI is InChI=1S/C15H26N4OS/c1-3-4-13(16)14(20)18-15-17-12(10-21-15)9-19-7-5-11(2)6-8-19/h10-11,13H,3-9,16H2,1-2H3,(H,17,18,20). The van der Waals surface area contributed by atoms with Gasteiger partial charge < -0.3 is 11.1 Å². The normalized spacial score (nSPS) is 18.6. The number of hydrogen-bond acceptors (Lipinski definition) is 5. The zero-order valence-corrected chi connectivity index (χ0v) is 13.8. The van der Waals surface area contributed by atoms with Crippen molar-refractivity contribution in [2.75, 3.05) is 18.4 Å². The molecular weight excluding hydrogens is 284 g/mol. The number of nitrogens with zero attached hydrogens (tertiary/aromatic N) is 2. The largest absolute Gasteiger partial charge is 0.320 e. The number of thiazole rings is 1. The van der Waals surface area contributed by atoms with Crippen LogP contribution in [-0.4, -0.2) is 34.9 Å². The maximum atomic E-state index is 11.9. The molecule has 2 rings (SSSR count). The lowest BCUT2D eigenvalue weighted by atomic mass is 9.99. The van der Waals surface area contributed by atoms with Gasteiger partial charge in [0.15, 0.2) is 5.13 Å². The van der Waals surface area contributed by atoms with Crippen molar-refractivity contribution in [2.24, 2.45) is 11.7 Å². The van der Waals surface area contributed by atoms with Gasteiger partial charge >= 0.3 is 0 Å². The van der Waals surface area contributed by atoms with Crippen molar-refractivity contribution in [3.8, 4) is 0 Å². The van der Waals surface area contributed by atoms with E-state index in [4.69, 9.17) is 5.73 Å². The molecule has 1 unspecified atom stereocenters. The molecule has 2 heterocycles. The van der Waals surface area contributed by atoms with Gasteiger partial charge in [0.1, 0.15) is 0 Å². The summed E-state index contributed by atoms with van der Waals surface area (Å²) in [7, 11) is 0. The summed E-state index contributed by atoms with van der Waals surface area (Å²) >= 11 is 1.48. The number of piperidine rings is 1. The summed E-state index contributed by atoms with van der Waals surface area (Å²) in [6, 6.07) is -0.439. The van der Waals surface area contributed by atoms with E-state index in [1.54, 1.807) is 0 Å². The highest BCUT2D eigenvalue weighted by Crippen LogP contribution is 2.21.